The average Bonchev–Trinajstić information content (AvgIpc) is 2.17. The summed E-state index contributed by atoms with van der Waals surface area (Å²) in [6.45, 7) is 7.87. The van der Waals surface area contributed by atoms with Crippen molar-refractivity contribution >= 4 is 5.97 Å². The largest absolute Gasteiger partial charge is 0.469 e. The second-order valence-corrected chi connectivity index (χ2v) is 3.52. The minimum absolute atomic E-state index is 0.132. The molecule has 0 bridgehead atoms. The number of hydrogen-bond acceptors (Lipinski definition) is 3. The van der Waals surface area contributed by atoms with E-state index in [2.05, 4.69) is 23.1 Å². The summed E-state index contributed by atoms with van der Waals surface area (Å²) in [7, 11) is 3.46. The van der Waals surface area contributed by atoms with Crippen LogP contribution >= 0.6 is 0 Å². The molecule has 3 nitrogen and oxygen atoms in total. The van der Waals surface area contributed by atoms with Crippen molar-refractivity contribution in [3.05, 3.63) is 12.2 Å². The molecule has 0 spiro atoms. The van der Waals surface area contributed by atoms with Crippen molar-refractivity contribution in [3.8, 4) is 0 Å². The molecule has 0 aromatic rings. The maximum Gasteiger partial charge on any atom is 0.305 e. The molecular weight excluding hydrogens is 178 g/mol. The van der Waals surface area contributed by atoms with E-state index in [1.807, 2.05) is 7.05 Å². The molecule has 0 N–H and O–H groups in total. The first-order chi connectivity index (χ1) is 6.60. The third kappa shape index (κ3) is 6.66. The van der Waals surface area contributed by atoms with Crippen LogP contribution in [0.15, 0.2) is 12.2 Å². The van der Waals surface area contributed by atoms with Gasteiger partial charge in [-0.1, -0.05) is 19.1 Å². The van der Waals surface area contributed by atoms with Crippen LogP contribution in [-0.2, 0) is 9.53 Å². The van der Waals surface area contributed by atoms with Gasteiger partial charge in [0.1, 0.15) is 0 Å². The number of methoxy groups -OCH3 is 1. The molecule has 0 aromatic carbocycles. The molecular formula is C11H21NO2. The van der Waals surface area contributed by atoms with E-state index in [0.717, 1.165) is 25.9 Å². The molecule has 0 aliphatic carbocycles. The molecule has 3 heteroatoms. The van der Waals surface area contributed by atoms with Crippen molar-refractivity contribution in [2.75, 3.05) is 27.2 Å². The molecule has 0 heterocycles. The van der Waals surface area contributed by atoms with Crippen molar-refractivity contribution in [1.82, 2.24) is 4.90 Å². The first-order valence-corrected chi connectivity index (χ1v) is 5.02. The molecule has 0 amide bonds. The number of likely N-dealkylation sites (N-methyl/N-ethyl adjacent to an activating group) is 1. The molecule has 0 saturated heterocycles. The van der Waals surface area contributed by atoms with Gasteiger partial charge in [-0.2, -0.15) is 0 Å². The molecule has 0 rings (SSSR count). The van der Waals surface area contributed by atoms with Crippen LogP contribution in [0.3, 0.4) is 0 Å². The lowest BCUT2D eigenvalue weighted by molar-refractivity contribution is -0.140. The van der Waals surface area contributed by atoms with Gasteiger partial charge < -0.3 is 9.64 Å². The summed E-state index contributed by atoms with van der Waals surface area (Å²) in [5, 5.41) is 0. The zero-order valence-corrected chi connectivity index (χ0v) is 9.51. The first-order valence-electron chi connectivity index (χ1n) is 5.02. The summed E-state index contributed by atoms with van der Waals surface area (Å²) >= 11 is 0. The Morgan fingerprint density at radius 2 is 2.14 bits per heavy atom. The van der Waals surface area contributed by atoms with Gasteiger partial charge >= 0.3 is 5.97 Å². The highest BCUT2D eigenvalue weighted by atomic mass is 16.5. The van der Waals surface area contributed by atoms with Gasteiger partial charge in [-0.15, -0.1) is 0 Å². The molecule has 82 valence electrons. The van der Waals surface area contributed by atoms with Crippen LogP contribution < -0.4 is 0 Å². The van der Waals surface area contributed by atoms with Crippen LogP contribution in [0.2, 0.25) is 0 Å². The molecule has 0 aromatic heterocycles. The Kier molecular flexibility index (Phi) is 7.11. The fourth-order valence-electron chi connectivity index (χ4n) is 1.17. The highest BCUT2D eigenvalue weighted by Gasteiger charge is 2.03. The summed E-state index contributed by atoms with van der Waals surface area (Å²) in [4.78, 5) is 13.0. The monoisotopic (exact) mass is 199 g/mol. The quantitative estimate of drug-likeness (QED) is 0.463. The molecule has 0 fully saturated rings. The van der Waals surface area contributed by atoms with Crippen LogP contribution in [-0.4, -0.2) is 38.1 Å². The minimum atomic E-state index is -0.132. The normalized spacial score (nSPS) is 10.3. The highest BCUT2D eigenvalue weighted by molar-refractivity contribution is 5.69. The van der Waals surface area contributed by atoms with E-state index in [0.29, 0.717) is 6.42 Å². The number of esters is 1. The van der Waals surface area contributed by atoms with E-state index < -0.39 is 0 Å². The predicted octanol–water partition coefficient (Wildman–Crippen LogP) is 1.84. The fraction of sp³-hybridized carbons (Fsp3) is 0.727. The molecule has 0 atom stereocenters. The van der Waals surface area contributed by atoms with E-state index >= 15 is 0 Å². The van der Waals surface area contributed by atoms with Crippen LogP contribution in [0.25, 0.3) is 0 Å². The Hall–Kier alpha value is -0.830. The van der Waals surface area contributed by atoms with E-state index in [1.54, 1.807) is 0 Å². The molecule has 0 aliphatic heterocycles. The summed E-state index contributed by atoms with van der Waals surface area (Å²) in [6, 6.07) is 0. The van der Waals surface area contributed by atoms with E-state index in [-0.39, 0.29) is 5.97 Å². The van der Waals surface area contributed by atoms with Gasteiger partial charge in [-0.05, 0) is 26.4 Å². The molecule has 0 saturated carbocycles. The third-order valence-electron chi connectivity index (χ3n) is 2.14. The van der Waals surface area contributed by atoms with E-state index in [4.69, 9.17) is 0 Å². The number of carbonyl (C=O) groups is 1. The predicted molar refractivity (Wildman–Crippen MR) is 58.2 cm³/mol. The van der Waals surface area contributed by atoms with Crippen molar-refractivity contribution in [3.63, 3.8) is 0 Å². The van der Waals surface area contributed by atoms with Crippen LogP contribution in [0.1, 0.15) is 26.2 Å². The summed E-state index contributed by atoms with van der Waals surface area (Å²) in [5.41, 5.74) is 1.23. The van der Waals surface area contributed by atoms with Crippen molar-refractivity contribution in [1.29, 1.82) is 0 Å². The highest BCUT2D eigenvalue weighted by Crippen LogP contribution is 2.01. The second kappa shape index (κ2) is 7.56. The maximum atomic E-state index is 10.8. The molecule has 0 aliphatic rings. The molecule has 0 unspecified atom stereocenters. The van der Waals surface area contributed by atoms with Gasteiger partial charge in [0.05, 0.1) is 7.11 Å². The number of ether oxygens (including phenoxy) is 1. The average molecular weight is 199 g/mol. The van der Waals surface area contributed by atoms with E-state index in [1.165, 1.54) is 12.7 Å². The second-order valence-electron chi connectivity index (χ2n) is 3.52. The standard InChI is InChI=1S/C11H21NO2/c1-5-10(2)9-12(3)8-6-7-11(13)14-4/h2,5-9H2,1,3-4H3. The Morgan fingerprint density at radius 3 is 2.64 bits per heavy atom. The summed E-state index contributed by atoms with van der Waals surface area (Å²) in [6.07, 6.45) is 2.36. The van der Waals surface area contributed by atoms with Gasteiger partial charge in [0.15, 0.2) is 0 Å². The van der Waals surface area contributed by atoms with Gasteiger partial charge in [0, 0.05) is 13.0 Å². The minimum Gasteiger partial charge on any atom is -0.469 e. The third-order valence-corrected chi connectivity index (χ3v) is 2.14. The lowest BCUT2D eigenvalue weighted by Crippen LogP contribution is -2.22. The molecule has 14 heavy (non-hydrogen) atoms. The van der Waals surface area contributed by atoms with Crippen LogP contribution in [0.5, 0.6) is 0 Å². The zero-order valence-electron chi connectivity index (χ0n) is 9.51. The Morgan fingerprint density at radius 1 is 1.50 bits per heavy atom. The Bertz CT molecular complexity index is 190. The summed E-state index contributed by atoms with van der Waals surface area (Å²) in [5.74, 6) is -0.132. The lowest BCUT2D eigenvalue weighted by Gasteiger charge is -2.16. The van der Waals surface area contributed by atoms with Gasteiger partial charge in [-0.25, -0.2) is 0 Å². The van der Waals surface area contributed by atoms with Crippen LogP contribution in [0, 0.1) is 0 Å². The van der Waals surface area contributed by atoms with Crippen molar-refractivity contribution in [2.45, 2.75) is 26.2 Å². The number of hydrogen-bond donors (Lipinski definition) is 0. The Labute approximate surface area is 86.7 Å². The van der Waals surface area contributed by atoms with Crippen molar-refractivity contribution < 1.29 is 9.53 Å². The summed E-state index contributed by atoms with van der Waals surface area (Å²) < 4.78 is 4.56. The van der Waals surface area contributed by atoms with E-state index in [9.17, 15) is 4.79 Å². The van der Waals surface area contributed by atoms with Crippen LogP contribution in [0.4, 0.5) is 0 Å². The topological polar surface area (TPSA) is 29.5 Å². The number of carbonyl (C=O) groups excluding carboxylic acids is 1. The molecule has 0 radical (unpaired) electrons. The van der Waals surface area contributed by atoms with Crippen molar-refractivity contribution in [2.24, 2.45) is 0 Å². The maximum absolute atomic E-state index is 10.8. The zero-order chi connectivity index (χ0) is 11.0. The SMILES string of the molecule is C=C(CC)CN(C)CCCC(=O)OC. The van der Waals surface area contributed by atoms with Gasteiger partial charge in [-0.3, -0.25) is 4.79 Å². The number of rotatable bonds is 7. The lowest BCUT2D eigenvalue weighted by atomic mass is 10.2. The van der Waals surface area contributed by atoms with Gasteiger partial charge in [0.2, 0.25) is 0 Å². The Balaban J connectivity index is 3.49. The van der Waals surface area contributed by atoms with Gasteiger partial charge in [0.25, 0.3) is 0 Å². The smallest absolute Gasteiger partial charge is 0.305 e. The number of nitrogens with zero attached hydrogens (tertiary/aromatic N) is 1. The first kappa shape index (κ1) is 13.2. The fourth-order valence-corrected chi connectivity index (χ4v) is 1.17.